The van der Waals surface area contributed by atoms with E-state index in [-0.39, 0.29) is 5.57 Å². The summed E-state index contributed by atoms with van der Waals surface area (Å²) in [6.45, 7) is 0. The molecule has 0 N–H and O–H groups in total. The number of carbonyl (C=O) groups is 2. The second-order valence-corrected chi connectivity index (χ2v) is 2.99. The largest absolute Gasteiger partial charge is 0.503 e. The number of benzene rings is 1. The van der Waals surface area contributed by atoms with Crippen molar-refractivity contribution < 1.29 is 19.1 Å². The SMILES string of the molecule is COC=C1C(=O)OC(=O)c2ccccc21. The molecule has 1 aromatic rings. The topological polar surface area (TPSA) is 52.6 Å². The summed E-state index contributed by atoms with van der Waals surface area (Å²) in [4.78, 5) is 22.7. The van der Waals surface area contributed by atoms with E-state index in [1.807, 2.05) is 0 Å². The van der Waals surface area contributed by atoms with Crippen LogP contribution in [0.5, 0.6) is 0 Å². The van der Waals surface area contributed by atoms with Crippen molar-refractivity contribution in [1.29, 1.82) is 0 Å². The van der Waals surface area contributed by atoms with E-state index in [1.165, 1.54) is 13.4 Å². The summed E-state index contributed by atoms with van der Waals surface area (Å²) >= 11 is 0. The van der Waals surface area contributed by atoms with E-state index >= 15 is 0 Å². The van der Waals surface area contributed by atoms with Crippen LogP contribution in [0.25, 0.3) is 5.57 Å². The second-order valence-electron chi connectivity index (χ2n) is 2.99. The predicted molar refractivity (Wildman–Crippen MR) is 51.9 cm³/mol. The minimum Gasteiger partial charge on any atom is -0.503 e. The van der Waals surface area contributed by atoms with Gasteiger partial charge in [0.05, 0.1) is 18.9 Å². The Morgan fingerprint density at radius 2 is 1.80 bits per heavy atom. The lowest BCUT2D eigenvalue weighted by Crippen LogP contribution is -2.22. The zero-order chi connectivity index (χ0) is 10.8. The molecule has 4 heteroatoms. The maximum atomic E-state index is 11.4. The zero-order valence-corrected chi connectivity index (χ0v) is 8.02. The van der Waals surface area contributed by atoms with Crippen molar-refractivity contribution >= 4 is 17.5 Å². The Balaban J connectivity index is 2.62. The maximum Gasteiger partial charge on any atom is 0.349 e. The van der Waals surface area contributed by atoms with Gasteiger partial charge in [0.1, 0.15) is 5.57 Å². The van der Waals surface area contributed by atoms with Gasteiger partial charge in [0.25, 0.3) is 0 Å². The van der Waals surface area contributed by atoms with Crippen LogP contribution >= 0.6 is 0 Å². The van der Waals surface area contributed by atoms with E-state index in [1.54, 1.807) is 24.3 Å². The highest BCUT2D eigenvalue weighted by atomic mass is 16.6. The first-order valence-electron chi connectivity index (χ1n) is 4.33. The Morgan fingerprint density at radius 1 is 1.13 bits per heavy atom. The molecule has 0 radical (unpaired) electrons. The molecule has 1 aliphatic heterocycles. The standard InChI is InChI=1S/C11H8O4/c1-14-6-9-7-4-2-3-5-8(7)10(12)15-11(9)13/h2-6H,1H3. The van der Waals surface area contributed by atoms with Gasteiger partial charge in [-0.25, -0.2) is 9.59 Å². The van der Waals surface area contributed by atoms with Crippen molar-refractivity contribution in [2.24, 2.45) is 0 Å². The normalized spacial score (nSPS) is 17.3. The number of fused-ring (bicyclic) bond motifs is 1. The van der Waals surface area contributed by atoms with Crippen LogP contribution in [-0.4, -0.2) is 19.0 Å². The summed E-state index contributed by atoms with van der Waals surface area (Å²) in [7, 11) is 1.43. The van der Waals surface area contributed by atoms with Crippen LogP contribution in [0.1, 0.15) is 15.9 Å². The molecule has 0 spiro atoms. The Bertz CT molecular complexity index is 459. The fraction of sp³-hybridized carbons (Fsp3) is 0.0909. The molecule has 4 nitrogen and oxygen atoms in total. The number of rotatable bonds is 1. The van der Waals surface area contributed by atoms with E-state index in [2.05, 4.69) is 4.74 Å². The summed E-state index contributed by atoms with van der Waals surface area (Å²) in [5, 5.41) is 0. The molecular formula is C11H8O4. The number of ether oxygens (including phenoxy) is 2. The molecule has 0 saturated heterocycles. The van der Waals surface area contributed by atoms with E-state index < -0.39 is 11.9 Å². The lowest BCUT2D eigenvalue weighted by Gasteiger charge is -2.15. The Labute approximate surface area is 86.1 Å². The molecular weight excluding hydrogens is 196 g/mol. The lowest BCUT2D eigenvalue weighted by atomic mass is 9.98. The first-order valence-corrected chi connectivity index (χ1v) is 4.33. The molecule has 0 amide bonds. The fourth-order valence-electron chi connectivity index (χ4n) is 1.43. The van der Waals surface area contributed by atoms with Crippen LogP contribution < -0.4 is 0 Å². The van der Waals surface area contributed by atoms with Gasteiger partial charge in [-0.2, -0.15) is 0 Å². The molecule has 0 fully saturated rings. The van der Waals surface area contributed by atoms with E-state index in [0.717, 1.165) is 0 Å². The molecule has 15 heavy (non-hydrogen) atoms. The third-order valence-corrected chi connectivity index (χ3v) is 2.08. The van der Waals surface area contributed by atoms with E-state index in [0.29, 0.717) is 11.1 Å². The van der Waals surface area contributed by atoms with Gasteiger partial charge in [-0.1, -0.05) is 18.2 Å². The summed E-state index contributed by atoms with van der Waals surface area (Å²) in [6, 6.07) is 6.74. The average Bonchev–Trinajstić information content (AvgIpc) is 2.24. The third kappa shape index (κ3) is 1.50. The smallest absolute Gasteiger partial charge is 0.349 e. The van der Waals surface area contributed by atoms with Gasteiger partial charge >= 0.3 is 11.9 Å². The molecule has 0 aromatic heterocycles. The second kappa shape index (κ2) is 3.57. The minimum absolute atomic E-state index is 0.257. The van der Waals surface area contributed by atoms with E-state index in [4.69, 9.17) is 4.74 Å². The minimum atomic E-state index is -0.680. The van der Waals surface area contributed by atoms with Crippen LogP contribution in [0.4, 0.5) is 0 Å². The lowest BCUT2D eigenvalue weighted by molar-refractivity contribution is -0.131. The quantitative estimate of drug-likeness (QED) is 0.300. The highest BCUT2D eigenvalue weighted by molar-refractivity contribution is 6.25. The molecule has 1 heterocycles. The molecule has 2 rings (SSSR count). The van der Waals surface area contributed by atoms with Gasteiger partial charge in [-0.3, -0.25) is 0 Å². The van der Waals surface area contributed by atoms with Crippen LogP contribution in [-0.2, 0) is 14.3 Å². The average molecular weight is 204 g/mol. The van der Waals surface area contributed by atoms with Gasteiger partial charge in [0.15, 0.2) is 0 Å². The van der Waals surface area contributed by atoms with Crippen LogP contribution in [0.3, 0.4) is 0 Å². The predicted octanol–water partition coefficient (Wildman–Crippen LogP) is 1.37. The highest BCUT2D eigenvalue weighted by Crippen LogP contribution is 2.26. The fourth-order valence-corrected chi connectivity index (χ4v) is 1.43. The zero-order valence-electron chi connectivity index (χ0n) is 8.02. The Kier molecular flexibility index (Phi) is 2.25. The van der Waals surface area contributed by atoms with Crippen molar-refractivity contribution in [3.63, 3.8) is 0 Å². The maximum absolute atomic E-state index is 11.4. The van der Waals surface area contributed by atoms with Crippen molar-refractivity contribution in [1.82, 2.24) is 0 Å². The molecule has 0 saturated carbocycles. The molecule has 0 aliphatic carbocycles. The van der Waals surface area contributed by atoms with Crippen LogP contribution in [0, 0.1) is 0 Å². The van der Waals surface area contributed by atoms with Gasteiger partial charge in [0.2, 0.25) is 0 Å². The van der Waals surface area contributed by atoms with Crippen LogP contribution in [0.15, 0.2) is 30.5 Å². The number of hydrogen-bond donors (Lipinski definition) is 0. The van der Waals surface area contributed by atoms with Crippen molar-refractivity contribution in [3.8, 4) is 0 Å². The van der Waals surface area contributed by atoms with E-state index in [9.17, 15) is 9.59 Å². The summed E-state index contributed by atoms with van der Waals surface area (Å²) in [5.74, 6) is -1.30. The summed E-state index contributed by atoms with van der Waals surface area (Å²) < 4.78 is 9.32. The van der Waals surface area contributed by atoms with Gasteiger partial charge in [-0.05, 0) is 6.07 Å². The number of carbonyl (C=O) groups excluding carboxylic acids is 2. The molecule has 76 valence electrons. The highest BCUT2D eigenvalue weighted by Gasteiger charge is 2.29. The van der Waals surface area contributed by atoms with Gasteiger partial charge in [0, 0.05) is 5.56 Å². The summed E-state index contributed by atoms with van der Waals surface area (Å²) in [5.41, 5.74) is 1.17. The Hall–Kier alpha value is -2.10. The molecule has 0 bridgehead atoms. The number of hydrogen-bond acceptors (Lipinski definition) is 4. The molecule has 1 aromatic carbocycles. The van der Waals surface area contributed by atoms with Crippen LogP contribution in [0.2, 0.25) is 0 Å². The Morgan fingerprint density at radius 3 is 2.47 bits per heavy atom. The number of methoxy groups -OCH3 is 1. The molecule has 1 aliphatic rings. The van der Waals surface area contributed by atoms with Crippen molar-refractivity contribution in [2.45, 2.75) is 0 Å². The van der Waals surface area contributed by atoms with Gasteiger partial charge in [-0.15, -0.1) is 0 Å². The molecule has 0 atom stereocenters. The summed E-state index contributed by atoms with van der Waals surface area (Å²) in [6.07, 6.45) is 1.27. The third-order valence-electron chi connectivity index (χ3n) is 2.08. The first-order chi connectivity index (χ1) is 7.24. The van der Waals surface area contributed by atoms with Crippen molar-refractivity contribution in [3.05, 3.63) is 41.7 Å². The number of esters is 2. The van der Waals surface area contributed by atoms with Gasteiger partial charge < -0.3 is 9.47 Å². The molecule has 0 unspecified atom stereocenters. The number of cyclic esters (lactones) is 2. The monoisotopic (exact) mass is 204 g/mol. The van der Waals surface area contributed by atoms with Crippen molar-refractivity contribution in [2.75, 3.05) is 7.11 Å². The first kappa shape index (κ1) is 9.45.